The predicted octanol–water partition coefficient (Wildman–Crippen LogP) is 5.82. The number of halogens is 2. The zero-order valence-electron chi connectivity index (χ0n) is 23.2. The van der Waals surface area contributed by atoms with Gasteiger partial charge in [0.25, 0.3) is 15.7 Å². The molecule has 0 spiro atoms. The third-order valence-corrected chi connectivity index (χ3v) is 9.04. The molecular formula is C29H32Cl2N4O6S. The van der Waals surface area contributed by atoms with Gasteiger partial charge >= 0.3 is 0 Å². The summed E-state index contributed by atoms with van der Waals surface area (Å²) in [4.78, 5) is 39.4. The molecule has 0 saturated carbocycles. The number of hydrogen-bond acceptors (Lipinski definition) is 6. The zero-order valence-corrected chi connectivity index (χ0v) is 25.5. The molecule has 0 aromatic heterocycles. The van der Waals surface area contributed by atoms with Crippen molar-refractivity contribution in [2.45, 2.75) is 50.6 Å². The first-order chi connectivity index (χ1) is 20.0. The van der Waals surface area contributed by atoms with Gasteiger partial charge in [-0.3, -0.25) is 24.0 Å². The second-order valence-electron chi connectivity index (χ2n) is 9.39. The van der Waals surface area contributed by atoms with E-state index in [1.807, 2.05) is 6.92 Å². The average Bonchev–Trinajstić information content (AvgIpc) is 2.97. The normalized spacial score (nSPS) is 11.9. The van der Waals surface area contributed by atoms with Crippen molar-refractivity contribution in [2.24, 2.45) is 0 Å². The third kappa shape index (κ3) is 7.99. The van der Waals surface area contributed by atoms with Crippen LogP contribution in [-0.4, -0.2) is 49.2 Å². The highest BCUT2D eigenvalue weighted by Gasteiger charge is 2.34. The second-order valence-corrected chi connectivity index (χ2v) is 12.1. The van der Waals surface area contributed by atoms with Gasteiger partial charge < -0.3 is 10.2 Å². The van der Waals surface area contributed by atoms with Gasteiger partial charge in [0.15, 0.2) is 0 Å². The Morgan fingerprint density at radius 3 is 2.21 bits per heavy atom. The maximum atomic E-state index is 14.1. The predicted molar refractivity (Wildman–Crippen MR) is 163 cm³/mol. The number of non-ortho nitro benzene ring substituents is 1. The maximum Gasteiger partial charge on any atom is 0.271 e. The lowest BCUT2D eigenvalue weighted by atomic mass is 10.1. The van der Waals surface area contributed by atoms with E-state index in [4.69, 9.17) is 23.2 Å². The molecule has 0 radical (unpaired) electrons. The molecule has 0 aliphatic heterocycles. The van der Waals surface area contributed by atoms with Crippen molar-refractivity contribution in [1.29, 1.82) is 0 Å². The number of nitro benzene ring substituents is 1. The van der Waals surface area contributed by atoms with Gasteiger partial charge in [-0.1, -0.05) is 73.8 Å². The highest BCUT2D eigenvalue weighted by molar-refractivity contribution is 7.92. The summed E-state index contributed by atoms with van der Waals surface area (Å²) in [6, 6.07) is 16.3. The van der Waals surface area contributed by atoms with E-state index in [1.54, 1.807) is 31.2 Å². The first-order valence-corrected chi connectivity index (χ1v) is 15.5. The van der Waals surface area contributed by atoms with E-state index in [-0.39, 0.29) is 39.3 Å². The Balaban J connectivity index is 2.11. The average molecular weight is 636 g/mol. The summed E-state index contributed by atoms with van der Waals surface area (Å²) in [5, 5.41) is 14.9. The number of nitrogens with zero attached hydrogens (tertiary/aromatic N) is 3. The van der Waals surface area contributed by atoms with Crippen LogP contribution in [0.15, 0.2) is 77.7 Å². The molecule has 0 heterocycles. The van der Waals surface area contributed by atoms with Gasteiger partial charge in [0.2, 0.25) is 11.8 Å². The first kappa shape index (κ1) is 32.8. The van der Waals surface area contributed by atoms with Gasteiger partial charge in [0, 0.05) is 40.8 Å². The van der Waals surface area contributed by atoms with Crippen LogP contribution in [0, 0.1) is 10.1 Å². The van der Waals surface area contributed by atoms with E-state index in [0.717, 1.165) is 23.2 Å². The number of hydrogen-bond donors (Lipinski definition) is 1. The molecule has 0 saturated heterocycles. The van der Waals surface area contributed by atoms with Gasteiger partial charge in [-0.2, -0.15) is 0 Å². The number of carbonyl (C=O) groups excluding carboxylic acids is 2. The monoisotopic (exact) mass is 634 g/mol. The van der Waals surface area contributed by atoms with Crippen molar-refractivity contribution in [3.05, 3.63) is 98.5 Å². The lowest BCUT2D eigenvalue weighted by Crippen LogP contribution is -2.52. The van der Waals surface area contributed by atoms with Crippen LogP contribution < -0.4 is 9.62 Å². The fraction of sp³-hybridized carbons (Fsp3) is 0.310. The second kappa shape index (κ2) is 15.0. The summed E-state index contributed by atoms with van der Waals surface area (Å²) in [6.07, 6.45) is 1.81. The van der Waals surface area contributed by atoms with Gasteiger partial charge in [-0.15, -0.1) is 0 Å². The fourth-order valence-electron chi connectivity index (χ4n) is 4.29. The number of amides is 2. The molecule has 10 nitrogen and oxygen atoms in total. The van der Waals surface area contributed by atoms with Crippen molar-refractivity contribution in [3.63, 3.8) is 0 Å². The van der Waals surface area contributed by atoms with E-state index in [9.17, 15) is 28.1 Å². The van der Waals surface area contributed by atoms with E-state index >= 15 is 0 Å². The SMILES string of the molecule is CCCCNC(=O)[C@H](CC)N(Cc1c(Cl)cccc1Cl)C(=O)CN(c1cccc([N+](=O)[O-])c1)S(=O)(=O)c1ccccc1. The number of carbonyl (C=O) groups is 2. The molecule has 3 aromatic carbocycles. The van der Waals surface area contributed by atoms with Crippen LogP contribution in [0.2, 0.25) is 10.0 Å². The third-order valence-electron chi connectivity index (χ3n) is 6.54. The Kier molecular flexibility index (Phi) is 11.7. The highest BCUT2D eigenvalue weighted by atomic mass is 35.5. The molecule has 2 amide bonds. The fourth-order valence-corrected chi connectivity index (χ4v) is 6.23. The summed E-state index contributed by atoms with van der Waals surface area (Å²) < 4.78 is 28.5. The zero-order chi connectivity index (χ0) is 30.9. The minimum absolute atomic E-state index is 0.0856. The molecule has 42 heavy (non-hydrogen) atoms. The molecule has 0 aliphatic carbocycles. The number of rotatable bonds is 14. The van der Waals surface area contributed by atoms with Gasteiger partial charge in [0.05, 0.1) is 15.5 Å². The molecular weight excluding hydrogens is 603 g/mol. The number of nitro groups is 1. The molecule has 1 atom stereocenters. The first-order valence-electron chi connectivity index (χ1n) is 13.3. The van der Waals surface area contributed by atoms with Crippen LogP contribution in [0.4, 0.5) is 11.4 Å². The summed E-state index contributed by atoms with van der Waals surface area (Å²) in [5.74, 6) is -1.13. The van der Waals surface area contributed by atoms with Crippen LogP contribution in [0.1, 0.15) is 38.7 Å². The molecule has 0 aliphatic rings. The summed E-state index contributed by atoms with van der Waals surface area (Å²) >= 11 is 12.8. The smallest absolute Gasteiger partial charge is 0.271 e. The Morgan fingerprint density at radius 2 is 1.62 bits per heavy atom. The molecule has 0 fully saturated rings. The summed E-state index contributed by atoms with van der Waals surface area (Å²) in [7, 11) is -4.37. The van der Waals surface area contributed by atoms with Gasteiger partial charge in [0.1, 0.15) is 12.6 Å². The number of sulfonamides is 1. The summed E-state index contributed by atoms with van der Waals surface area (Å²) in [6.45, 7) is 3.19. The minimum Gasteiger partial charge on any atom is -0.354 e. The Hall–Kier alpha value is -3.67. The number of unbranched alkanes of at least 4 members (excludes halogenated alkanes) is 1. The van der Waals surface area contributed by atoms with E-state index < -0.39 is 39.3 Å². The van der Waals surface area contributed by atoms with Crippen molar-refractivity contribution in [1.82, 2.24) is 10.2 Å². The molecule has 13 heteroatoms. The highest BCUT2D eigenvalue weighted by Crippen LogP contribution is 2.30. The lowest BCUT2D eigenvalue weighted by Gasteiger charge is -2.33. The molecule has 224 valence electrons. The quantitative estimate of drug-likeness (QED) is 0.135. The summed E-state index contributed by atoms with van der Waals surface area (Å²) in [5.41, 5.74) is -0.0472. The molecule has 3 aromatic rings. The van der Waals surface area contributed by atoms with Crippen molar-refractivity contribution < 1.29 is 22.9 Å². The largest absolute Gasteiger partial charge is 0.354 e. The van der Waals surface area contributed by atoms with Gasteiger partial charge in [-0.25, -0.2) is 8.42 Å². The number of nitrogens with one attached hydrogen (secondary N) is 1. The Morgan fingerprint density at radius 1 is 0.976 bits per heavy atom. The van der Waals surface area contributed by atoms with Crippen LogP contribution in [0.25, 0.3) is 0 Å². The maximum absolute atomic E-state index is 14.1. The lowest BCUT2D eigenvalue weighted by molar-refractivity contribution is -0.384. The van der Waals surface area contributed by atoms with Crippen LogP contribution in [-0.2, 0) is 26.2 Å². The van der Waals surface area contributed by atoms with E-state index in [0.29, 0.717) is 12.1 Å². The Labute approximate surface area is 255 Å². The number of benzene rings is 3. The van der Waals surface area contributed by atoms with Crippen molar-refractivity contribution >= 4 is 56.4 Å². The molecule has 3 rings (SSSR count). The topological polar surface area (TPSA) is 130 Å². The van der Waals surface area contributed by atoms with E-state index in [2.05, 4.69) is 5.32 Å². The van der Waals surface area contributed by atoms with Crippen molar-refractivity contribution in [2.75, 3.05) is 17.4 Å². The van der Waals surface area contributed by atoms with Crippen LogP contribution in [0.5, 0.6) is 0 Å². The Bertz CT molecular complexity index is 1500. The molecule has 1 N–H and O–H groups in total. The van der Waals surface area contributed by atoms with Crippen molar-refractivity contribution in [3.8, 4) is 0 Å². The van der Waals surface area contributed by atoms with Gasteiger partial charge in [-0.05, 0) is 43.2 Å². The van der Waals surface area contributed by atoms with Crippen LogP contribution in [0.3, 0.4) is 0 Å². The van der Waals surface area contributed by atoms with E-state index in [1.165, 1.54) is 47.4 Å². The molecule has 0 unspecified atom stereocenters. The van der Waals surface area contributed by atoms with Crippen LogP contribution >= 0.6 is 23.2 Å². The number of anilines is 1. The standard InChI is InChI=1S/C29H32Cl2N4O6S/c1-3-5-17-32-29(37)27(4-2)33(19-24-25(30)15-10-16-26(24)31)28(36)20-34(21-11-9-12-22(18-21)35(38)39)42(40,41)23-13-7-6-8-14-23/h6-16,18,27H,3-5,17,19-20H2,1-2H3,(H,32,37)/t27-/m0/s1. The molecule has 0 bridgehead atoms. The minimum atomic E-state index is -4.37.